The Morgan fingerprint density at radius 1 is 1.38 bits per heavy atom. The van der Waals surface area contributed by atoms with E-state index in [9.17, 15) is 9.90 Å². The monoisotopic (exact) mass is 291 g/mol. The first-order valence-electron chi connectivity index (χ1n) is 7.63. The number of hydrogen-bond acceptors (Lipinski definition) is 3. The quantitative estimate of drug-likeness (QED) is 0.923. The van der Waals surface area contributed by atoms with Crippen molar-refractivity contribution in [2.45, 2.75) is 58.1 Å². The molecule has 1 aromatic rings. The molecule has 1 amide bonds. The summed E-state index contributed by atoms with van der Waals surface area (Å²) < 4.78 is 5.47. The smallest absolute Gasteiger partial charge is 0.410 e. The molecule has 1 atom stereocenters. The highest BCUT2D eigenvalue weighted by atomic mass is 16.6. The summed E-state index contributed by atoms with van der Waals surface area (Å²) in [6, 6.07) is 7.59. The first-order valence-corrected chi connectivity index (χ1v) is 7.63. The maximum Gasteiger partial charge on any atom is 0.410 e. The van der Waals surface area contributed by atoms with Gasteiger partial charge in [0, 0.05) is 12.6 Å². The second kappa shape index (κ2) is 6.37. The number of benzene rings is 1. The van der Waals surface area contributed by atoms with Crippen molar-refractivity contribution >= 4 is 6.09 Å². The number of aromatic hydroxyl groups is 1. The third kappa shape index (κ3) is 4.38. The van der Waals surface area contributed by atoms with Gasteiger partial charge in [0.1, 0.15) is 11.4 Å². The normalized spacial score (nSPS) is 18.8. The summed E-state index contributed by atoms with van der Waals surface area (Å²) in [4.78, 5) is 14.0. The number of phenolic OH excluding ortho intramolecular Hbond substituents is 1. The van der Waals surface area contributed by atoms with Crippen LogP contribution in [0.1, 0.15) is 45.6 Å². The summed E-state index contributed by atoms with van der Waals surface area (Å²) in [5, 5.41) is 9.81. The Labute approximate surface area is 126 Å². The number of nitrogens with zero attached hydrogens (tertiary/aromatic N) is 1. The molecule has 0 radical (unpaired) electrons. The minimum Gasteiger partial charge on any atom is -0.508 e. The molecule has 1 unspecified atom stereocenters. The summed E-state index contributed by atoms with van der Waals surface area (Å²) in [6.07, 6.45) is 3.44. The molecule has 0 saturated carbocycles. The van der Waals surface area contributed by atoms with Crippen LogP contribution in [0.25, 0.3) is 0 Å². The molecule has 1 heterocycles. The van der Waals surface area contributed by atoms with Crippen molar-refractivity contribution < 1.29 is 14.6 Å². The summed E-state index contributed by atoms with van der Waals surface area (Å²) in [7, 11) is 0. The number of aryl methyl sites for hydroxylation is 1. The number of likely N-dealkylation sites (tertiary alicyclic amines) is 1. The lowest BCUT2D eigenvalue weighted by Gasteiger charge is -2.28. The van der Waals surface area contributed by atoms with Crippen molar-refractivity contribution in [2.75, 3.05) is 6.54 Å². The first-order chi connectivity index (χ1) is 9.87. The van der Waals surface area contributed by atoms with Crippen LogP contribution in [0, 0.1) is 0 Å². The van der Waals surface area contributed by atoms with Crippen LogP contribution in [-0.4, -0.2) is 34.3 Å². The Morgan fingerprint density at radius 2 is 2.10 bits per heavy atom. The number of carbonyl (C=O) groups excluding carboxylic acids is 1. The molecule has 1 aliphatic rings. The van der Waals surface area contributed by atoms with Gasteiger partial charge in [-0.3, -0.25) is 0 Å². The van der Waals surface area contributed by atoms with Crippen LogP contribution in [-0.2, 0) is 11.2 Å². The van der Waals surface area contributed by atoms with Crippen LogP contribution < -0.4 is 0 Å². The maximum absolute atomic E-state index is 12.2. The van der Waals surface area contributed by atoms with Gasteiger partial charge in [0.2, 0.25) is 0 Å². The van der Waals surface area contributed by atoms with Crippen molar-refractivity contribution in [2.24, 2.45) is 0 Å². The Hall–Kier alpha value is -1.71. The van der Waals surface area contributed by atoms with Gasteiger partial charge in [0.15, 0.2) is 0 Å². The fraction of sp³-hybridized carbons (Fsp3) is 0.588. The van der Waals surface area contributed by atoms with E-state index in [4.69, 9.17) is 4.74 Å². The van der Waals surface area contributed by atoms with E-state index < -0.39 is 5.60 Å². The summed E-state index contributed by atoms with van der Waals surface area (Å²) >= 11 is 0. The van der Waals surface area contributed by atoms with E-state index in [-0.39, 0.29) is 12.1 Å². The molecule has 4 heteroatoms. The fourth-order valence-electron chi connectivity index (χ4n) is 2.74. The van der Waals surface area contributed by atoms with Crippen LogP contribution in [0.15, 0.2) is 24.3 Å². The average Bonchev–Trinajstić information content (AvgIpc) is 2.84. The molecule has 4 nitrogen and oxygen atoms in total. The molecule has 2 rings (SSSR count). The van der Waals surface area contributed by atoms with E-state index in [0.29, 0.717) is 5.75 Å². The molecule has 21 heavy (non-hydrogen) atoms. The van der Waals surface area contributed by atoms with Crippen molar-refractivity contribution in [1.82, 2.24) is 4.90 Å². The highest BCUT2D eigenvalue weighted by Crippen LogP contribution is 2.26. The standard InChI is InChI=1S/C17H25NO3/c1-17(2,3)21-16(20)18-12-6-8-14(18)11-10-13-7-4-5-9-15(13)19/h4-5,7,9,14,19H,6,8,10-12H2,1-3H3. The number of amides is 1. The van der Waals surface area contributed by atoms with Crippen LogP contribution in [0.3, 0.4) is 0 Å². The molecular formula is C17H25NO3. The minimum absolute atomic E-state index is 0.208. The van der Waals surface area contributed by atoms with Crippen LogP contribution in [0.4, 0.5) is 4.79 Å². The SMILES string of the molecule is CC(C)(C)OC(=O)N1CCCC1CCc1ccccc1O. The Kier molecular flexibility index (Phi) is 4.76. The van der Waals surface area contributed by atoms with Gasteiger partial charge in [0.25, 0.3) is 0 Å². The number of ether oxygens (including phenoxy) is 1. The van der Waals surface area contributed by atoms with Gasteiger partial charge in [-0.15, -0.1) is 0 Å². The average molecular weight is 291 g/mol. The van der Waals surface area contributed by atoms with E-state index >= 15 is 0 Å². The topological polar surface area (TPSA) is 49.8 Å². The molecule has 0 aromatic heterocycles. The molecule has 1 aromatic carbocycles. The second-order valence-electron chi connectivity index (χ2n) is 6.64. The van der Waals surface area contributed by atoms with E-state index in [1.807, 2.05) is 43.9 Å². The first kappa shape index (κ1) is 15.7. The highest BCUT2D eigenvalue weighted by molar-refractivity contribution is 5.68. The lowest BCUT2D eigenvalue weighted by atomic mass is 10.0. The number of hydrogen-bond donors (Lipinski definition) is 1. The summed E-state index contributed by atoms with van der Waals surface area (Å²) in [5.74, 6) is 0.333. The van der Waals surface area contributed by atoms with E-state index in [2.05, 4.69) is 0 Å². The van der Waals surface area contributed by atoms with Crippen LogP contribution >= 0.6 is 0 Å². The largest absolute Gasteiger partial charge is 0.508 e. The summed E-state index contributed by atoms with van der Waals surface area (Å²) in [6.45, 7) is 6.42. The molecule has 116 valence electrons. The lowest BCUT2D eigenvalue weighted by Crippen LogP contribution is -2.40. The van der Waals surface area contributed by atoms with Crippen LogP contribution in [0.5, 0.6) is 5.75 Å². The summed E-state index contributed by atoms with van der Waals surface area (Å²) in [5.41, 5.74) is 0.482. The molecule has 1 N–H and O–H groups in total. The van der Waals surface area contributed by atoms with E-state index in [0.717, 1.165) is 37.8 Å². The molecular weight excluding hydrogens is 266 g/mol. The zero-order chi connectivity index (χ0) is 15.5. The number of para-hydroxylation sites is 1. The third-order valence-electron chi connectivity index (χ3n) is 3.74. The van der Waals surface area contributed by atoms with Gasteiger partial charge in [-0.05, 0) is 58.1 Å². The molecule has 1 saturated heterocycles. The van der Waals surface area contributed by atoms with Crippen molar-refractivity contribution in [3.8, 4) is 5.75 Å². The minimum atomic E-state index is -0.456. The highest BCUT2D eigenvalue weighted by Gasteiger charge is 2.31. The molecule has 0 spiro atoms. The molecule has 0 bridgehead atoms. The number of rotatable bonds is 3. The van der Waals surface area contributed by atoms with Gasteiger partial charge in [-0.2, -0.15) is 0 Å². The number of phenols is 1. The van der Waals surface area contributed by atoms with Crippen molar-refractivity contribution in [1.29, 1.82) is 0 Å². The van der Waals surface area contributed by atoms with Crippen molar-refractivity contribution in [3.63, 3.8) is 0 Å². The predicted molar refractivity (Wildman–Crippen MR) is 82.4 cm³/mol. The zero-order valence-corrected chi connectivity index (χ0v) is 13.1. The van der Waals surface area contributed by atoms with Gasteiger partial charge in [-0.1, -0.05) is 18.2 Å². The second-order valence-corrected chi connectivity index (χ2v) is 6.64. The van der Waals surface area contributed by atoms with Gasteiger partial charge >= 0.3 is 6.09 Å². The van der Waals surface area contributed by atoms with Crippen molar-refractivity contribution in [3.05, 3.63) is 29.8 Å². The Bertz CT molecular complexity index is 493. The van der Waals surface area contributed by atoms with Gasteiger partial charge < -0.3 is 14.7 Å². The molecule has 1 aliphatic heterocycles. The molecule has 1 fully saturated rings. The Balaban J connectivity index is 1.93. The fourth-order valence-corrected chi connectivity index (χ4v) is 2.74. The van der Waals surface area contributed by atoms with Crippen LogP contribution in [0.2, 0.25) is 0 Å². The lowest BCUT2D eigenvalue weighted by molar-refractivity contribution is 0.0220. The van der Waals surface area contributed by atoms with Gasteiger partial charge in [-0.25, -0.2) is 4.79 Å². The zero-order valence-electron chi connectivity index (χ0n) is 13.1. The predicted octanol–water partition coefficient (Wildman–Crippen LogP) is 3.72. The van der Waals surface area contributed by atoms with Gasteiger partial charge in [0.05, 0.1) is 0 Å². The Morgan fingerprint density at radius 3 is 2.76 bits per heavy atom. The third-order valence-corrected chi connectivity index (χ3v) is 3.74. The maximum atomic E-state index is 12.2. The van der Waals surface area contributed by atoms with E-state index in [1.54, 1.807) is 6.07 Å². The number of carbonyl (C=O) groups is 1. The molecule has 0 aliphatic carbocycles. The van der Waals surface area contributed by atoms with E-state index in [1.165, 1.54) is 0 Å².